The van der Waals surface area contributed by atoms with E-state index in [-0.39, 0.29) is 0 Å². The Morgan fingerprint density at radius 1 is 1.27 bits per heavy atom. The lowest BCUT2D eigenvalue weighted by atomic mass is 9.85. The molecule has 0 saturated carbocycles. The predicted molar refractivity (Wildman–Crippen MR) is 66.3 cm³/mol. The van der Waals surface area contributed by atoms with E-state index in [1.54, 1.807) is 0 Å². The Hall–Kier alpha value is -0.980. The number of hydrogen-bond acceptors (Lipinski definition) is 1. The molecule has 1 nitrogen and oxygen atoms in total. The van der Waals surface area contributed by atoms with Crippen molar-refractivity contribution in [2.24, 2.45) is 5.92 Å². The van der Waals surface area contributed by atoms with Gasteiger partial charge in [0.25, 0.3) is 0 Å². The fourth-order valence-electron chi connectivity index (χ4n) is 2.45. The second-order valence-corrected chi connectivity index (χ2v) is 4.63. The van der Waals surface area contributed by atoms with Gasteiger partial charge in [0.15, 0.2) is 0 Å². The molecule has 0 unspecified atom stereocenters. The van der Waals surface area contributed by atoms with Crippen LogP contribution in [-0.2, 0) is 0 Å². The summed E-state index contributed by atoms with van der Waals surface area (Å²) < 4.78 is 0. The van der Waals surface area contributed by atoms with E-state index in [2.05, 4.69) is 49.1 Å². The van der Waals surface area contributed by atoms with Crippen LogP contribution in [0.2, 0.25) is 0 Å². The molecule has 0 bridgehead atoms. The molecule has 1 heteroatoms. The van der Waals surface area contributed by atoms with Gasteiger partial charge in [-0.15, -0.1) is 0 Å². The van der Waals surface area contributed by atoms with Gasteiger partial charge >= 0.3 is 0 Å². The normalized spacial score (nSPS) is 25.1. The molecule has 1 heterocycles. The highest BCUT2D eigenvalue weighted by Crippen LogP contribution is 2.33. The largest absolute Gasteiger partial charge is 0.368 e. The Morgan fingerprint density at radius 2 is 2.00 bits per heavy atom. The predicted octanol–water partition coefficient (Wildman–Crippen LogP) is 3.70. The minimum absolute atomic E-state index is 0.735. The van der Waals surface area contributed by atoms with E-state index in [0.717, 1.165) is 12.0 Å². The van der Waals surface area contributed by atoms with E-state index < -0.39 is 0 Å². The first-order valence-electron chi connectivity index (χ1n) is 6.14. The highest BCUT2D eigenvalue weighted by Gasteiger charge is 2.34. The maximum atomic E-state index is 2.51. The van der Waals surface area contributed by atoms with Crippen LogP contribution in [0.15, 0.2) is 30.3 Å². The summed E-state index contributed by atoms with van der Waals surface area (Å²) in [4.78, 5) is 2.51. The monoisotopic (exact) mass is 203 g/mol. The molecule has 2 atom stereocenters. The second-order valence-electron chi connectivity index (χ2n) is 4.63. The number of hydrogen-bond donors (Lipinski definition) is 0. The molecule has 1 aliphatic rings. The molecule has 1 aliphatic heterocycles. The molecule has 0 N–H and O–H groups in total. The van der Waals surface area contributed by atoms with Crippen molar-refractivity contribution in [1.82, 2.24) is 0 Å². The van der Waals surface area contributed by atoms with Crippen LogP contribution in [0.5, 0.6) is 0 Å². The number of anilines is 1. The summed E-state index contributed by atoms with van der Waals surface area (Å²) in [5.41, 5.74) is 1.39. The number of rotatable bonds is 4. The van der Waals surface area contributed by atoms with E-state index in [1.807, 2.05) is 0 Å². The molecule has 1 aromatic carbocycles. The van der Waals surface area contributed by atoms with Crippen molar-refractivity contribution < 1.29 is 0 Å². The molecule has 0 aliphatic carbocycles. The third-order valence-electron chi connectivity index (χ3n) is 3.62. The summed E-state index contributed by atoms with van der Waals surface area (Å²) in [5, 5.41) is 0. The van der Waals surface area contributed by atoms with E-state index in [0.29, 0.717) is 0 Å². The Kier molecular flexibility index (Phi) is 3.30. The molecule has 0 amide bonds. The Balaban J connectivity index is 1.89. The van der Waals surface area contributed by atoms with E-state index in [1.165, 1.54) is 31.5 Å². The molecule has 0 radical (unpaired) electrons. The molecular formula is C14H21N. The van der Waals surface area contributed by atoms with Crippen molar-refractivity contribution in [3.8, 4) is 0 Å². The van der Waals surface area contributed by atoms with Crippen molar-refractivity contribution >= 4 is 5.69 Å². The summed E-state index contributed by atoms with van der Waals surface area (Å²) in [5.74, 6) is 0.921. The van der Waals surface area contributed by atoms with Gasteiger partial charge in [0.2, 0.25) is 0 Å². The summed E-state index contributed by atoms with van der Waals surface area (Å²) in [7, 11) is 0. The molecule has 1 aromatic rings. The van der Waals surface area contributed by atoms with Gasteiger partial charge in [-0.1, -0.05) is 38.0 Å². The zero-order valence-corrected chi connectivity index (χ0v) is 9.82. The first-order chi connectivity index (χ1) is 7.33. The minimum Gasteiger partial charge on any atom is -0.368 e. The zero-order chi connectivity index (χ0) is 10.7. The summed E-state index contributed by atoms with van der Waals surface area (Å²) in [6, 6.07) is 11.5. The fourth-order valence-corrected chi connectivity index (χ4v) is 2.45. The molecule has 2 rings (SSSR count). The van der Waals surface area contributed by atoms with Crippen LogP contribution in [0.25, 0.3) is 0 Å². The van der Waals surface area contributed by atoms with Gasteiger partial charge in [0.05, 0.1) is 0 Å². The summed E-state index contributed by atoms with van der Waals surface area (Å²) in [6.07, 6.45) is 4.12. The highest BCUT2D eigenvalue weighted by atomic mass is 15.2. The molecule has 1 saturated heterocycles. The summed E-state index contributed by atoms with van der Waals surface area (Å²) >= 11 is 0. The Labute approximate surface area is 93.1 Å². The number of unbranched alkanes of at least 4 members (excludes halogenated alkanes) is 1. The zero-order valence-electron chi connectivity index (χ0n) is 9.82. The van der Waals surface area contributed by atoms with Gasteiger partial charge in [0, 0.05) is 18.3 Å². The van der Waals surface area contributed by atoms with Crippen LogP contribution >= 0.6 is 0 Å². The van der Waals surface area contributed by atoms with Crippen molar-refractivity contribution in [2.45, 2.75) is 39.2 Å². The van der Waals surface area contributed by atoms with Crippen LogP contribution in [0.3, 0.4) is 0 Å². The van der Waals surface area contributed by atoms with Gasteiger partial charge in [-0.3, -0.25) is 0 Å². The van der Waals surface area contributed by atoms with Gasteiger partial charge in [-0.2, -0.15) is 0 Å². The third-order valence-corrected chi connectivity index (χ3v) is 3.62. The average molecular weight is 203 g/mol. The molecule has 82 valence electrons. The van der Waals surface area contributed by atoms with Crippen LogP contribution in [0.4, 0.5) is 5.69 Å². The van der Waals surface area contributed by atoms with Crippen LogP contribution in [0, 0.1) is 5.92 Å². The molecule has 0 spiro atoms. The van der Waals surface area contributed by atoms with Gasteiger partial charge in [-0.05, 0) is 31.4 Å². The number of nitrogens with zero attached hydrogens (tertiary/aromatic N) is 1. The van der Waals surface area contributed by atoms with Gasteiger partial charge in [0.1, 0.15) is 0 Å². The minimum atomic E-state index is 0.735. The van der Waals surface area contributed by atoms with Crippen LogP contribution < -0.4 is 4.90 Å². The van der Waals surface area contributed by atoms with Crippen molar-refractivity contribution in [3.05, 3.63) is 30.3 Å². The fraction of sp³-hybridized carbons (Fsp3) is 0.571. The van der Waals surface area contributed by atoms with Crippen molar-refractivity contribution in [2.75, 3.05) is 11.4 Å². The first kappa shape index (κ1) is 10.5. The standard InChI is InChI=1S/C14H21N/c1-3-4-8-13-11-15(12(13)2)14-9-6-5-7-10-14/h5-7,9-10,12-13H,3-4,8,11H2,1-2H3/t12-,13+/m1/s1. The van der Waals surface area contributed by atoms with Crippen molar-refractivity contribution in [3.63, 3.8) is 0 Å². The van der Waals surface area contributed by atoms with Crippen LogP contribution in [0.1, 0.15) is 33.1 Å². The topological polar surface area (TPSA) is 3.24 Å². The molecular weight excluding hydrogens is 182 g/mol. The maximum Gasteiger partial charge on any atom is 0.0368 e. The lowest BCUT2D eigenvalue weighted by molar-refractivity contribution is 0.287. The SMILES string of the molecule is CCCC[C@H]1CN(c2ccccc2)[C@@H]1C. The second kappa shape index (κ2) is 4.69. The molecule has 15 heavy (non-hydrogen) atoms. The van der Waals surface area contributed by atoms with Crippen molar-refractivity contribution in [1.29, 1.82) is 0 Å². The lowest BCUT2D eigenvalue weighted by Crippen LogP contribution is -2.54. The van der Waals surface area contributed by atoms with Gasteiger partial charge in [-0.25, -0.2) is 0 Å². The highest BCUT2D eigenvalue weighted by molar-refractivity contribution is 5.49. The third kappa shape index (κ3) is 2.17. The van der Waals surface area contributed by atoms with E-state index in [9.17, 15) is 0 Å². The summed E-state index contributed by atoms with van der Waals surface area (Å²) in [6.45, 7) is 5.89. The quantitative estimate of drug-likeness (QED) is 0.721. The maximum absolute atomic E-state index is 2.51. The Morgan fingerprint density at radius 3 is 2.60 bits per heavy atom. The van der Waals surface area contributed by atoms with E-state index >= 15 is 0 Å². The first-order valence-corrected chi connectivity index (χ1v) is 6.14. The Bertz CT molecular complexity index is 293. The van der Waals surface area contributed by atoms with Gasteiger partial charge < -0.3 is 4.90 Å². The average Bonchev–Trinajstić information content (AvgIpc) is 2.29. The molecule has 0 aromatic heterocycles. The lowest BCUT2D eigenvalue weighted by Gasteiger charge is -2.48. The number of benzene rings is 1. The van der Waals surface area contributed by atoms with E-state index in [4.69, 9.17) is 0 Å². The number of para-hydroxylation sites is 1. The molecule has 1 fully saturated rings. The van der Waals surface area contributed by atoms with Crippen LogP contribution in [-0.4, -0.2) is 12.6 Å². The smallest absolute Gasteiger partial charge is 0.0368 e.